The molecular weight excluding hydrogens is 795 g/mol. The maximum Gasteiger partial charge on any atom is 0.329 e. The van der Waals surface area contributed by atoms with E-state index in [4.69, 9.17) is 28.4 Å². The summed E-state index contributed by atoms with van der Waals surface area (Å²) in [5.41, 5.74) is 1.85. The molecule has 13 heteroatoms. The predicted octanol–water partition coefficient (Wildman–Crippen LogP) is 6.94. The van der Waals surface area contributed by atoms with E-state index in [1.54, 1.807) is 34.3 Å². The standard InChI is InChI=1S/C49H73NO12/c1-10-35-23-29(2)22-30(3)24-42(58-8)45-43(59-9)26-33(6)49(56,62-45)46(53)47(54)50-21-12-11-16-38(50)48(55)61-44(31(4)17-19-39(35)51)32(5)25-34-18-20-41(40(52)27-34)60-37-15-13-14-36(28-37)57-7/h13-15,23,25,28,30-31,33-35,38,40-45,52,56H,10-12,16-22,24,26-27H2,1-9H3/b29-23+,32-25?. The minimum absolute atomic E-state index is 0.0318. The van der Waals surface area contributed by atoms with Gasteiger partial charge < -0.3 is 43.5 Å². The Balaban J connectivity index is 1.45. The molecule has 5 rings (SSSR count). The number of hydrogen-bond acceptors (Lipinski definition) is 12. The van der Waals surface area contributed by atoms with Crippen LogP contribution in [0.25, 0.3) is 0 Å². The van der Waals surface area contributed by atoms with Crippen molar-refractivity contribution in [3.05, 3.63) is 47.6 Å². The van der Waals surface area contributed by atoms with Gasteiger partial charge in [0, 0.05) is 45.1 Å². The molecule has 1 aliphatic carbocycles. The van der Waals surface area contributed by atoms with Gasteiger partial charge >= 0.3 is 5.97 Å². The molecule has 13 nitrogen and oxygen atoms in total. The number of carbonyl (C=O) groups excluding carboxylic acids is 4. The number of carbonyl (C=O) groups is 4. The number of aliphatic hydroxyl groups excluding tert-OH is 1. The molecule has 3 heterocycles. The van der Waals surface area contributed by atoms with Crippen LogP contribution in [0.3, 0.4) is 0 Å². The lowest BCUT2D eigenvalue weighted by Crippen LogP contribution is -2.64. The fourth-order valence-corrected chi connectivity index (χ4v) is 10.1. The van der Waals surface area contributed by atoms with Gasteiger partial charge in [-0.05, 0) is 120 Å². The number of aliphatic hydroxyl groups is 2. The molecule has 0 spiro atoms. The maximum absolute atomic E-state index is 14.4. The maximum atomic E-state index is 14.4. The number of allylic oxidation sites excluding steroid dienone is 3. The van der Waals surface area contributed by atoms with E-state index in [1.165, 1.54) is 4.90 Å². The molecule has 62 heavy (non-hydrogen) atoms. The summed E-state index contributed by atoms with van der Waals surface area (Å²) in [5.74, 6) is -5.18. The minimum Gasteiger partial charge on any atom is -0.497 e. The Bertz CT molecular complexity index is 1760. The van der Waals surface area contributed by atoms with Crippen LogP contribution in [0.15, 0.2) is 47.6 Å². The van der Waals surface area contributed by atoms with E-state index in [9.17, 15) is 29.4 Å². The Morgan fingerprint density at radius 3 is 2.32 bits per heavy atom. The summed E-state index contributed by atoms with van der Waals surface area (Å²) in [6.45, 7) is 11.8. The van der Waals surface area contributed by atoms with Crippen molar-refractivity contribution in [1.29, 1.82) is 0 Å². The summed E-state index contributed by atoms with van der Waals surface area (Å²) in [7, 11) is 4.69. The molecule has 2 N–H and O–H groups in total. The van der Waals surface area contributed by atoms with Crippen LogP contribution in [0, 0.1) is 29.6 Å². The number of hydrogen-bond donors (Lipinski definition) is 2. The quantitative estimate of drug-likeness (QED) is 0.157. The van der Waals surface area contributed by atoms with Crippen molar-refractivity contribution in [3.8, 4) is 11.5 Å². The van der Waals surface area contributed by atoms with Crippen molar-refractivity contribution in [2.75, 3.05) is 27.9 Å². The number of esters is 1. The first-order chi connectivity index (χ1) is 29.5. The first-order valence-electron chi connectivity index (χ1n) is 22.9. The molecule has 1 saturated carbocycles. The van der Waals surface area contributed by atoms with Crippen LogP contribution in [0.2, 0.25) is 0 Å². The molecule has 1 aromatic rings. The zero-order valence-electron chi connectivity index (χ0n) is 38.5. The summed E-state index contributed by atoms with van der Waals surface area (Å²) < 4.78 is 36.0. The Morgan fingerprint density at radius 2 is 1.65 bits per heavy atom. The molecule has 0 radical (unpaired) electrons. The third-order valence-electron chi connectivity index (χ3n) is 13.8. The second kappa shape index (κ2) is 22.3. The Labute approximate surface area is 368 Å². The molecule has 3 aliphatic heterocycles. The number of benzene rings is 1. The first-order valence-corrected chi connectivity index (χ1v) is 22.9. The van der Waals surface area contributed by atoms with Crippen molar-refractivity contribution >= 4 is 23.4 Å². The van der Waals surface area contributed by atoms with E-state index in [-0.39, 0.29) is 55.3 Å². The summed E-state index contributed by atoms with van der Waals surface area (Å²) in [5, 5.41) is 23.3. The molecule has 2 saturated heterocycles. The number of nitrogens with zero attached hydrogens (tertiary/aromatic N) is 1. The minimum atomic E-state index is -2.48. The first kappa shape index (κ1) is 49.4. The highest BCUT2D eigenvalue weighted by Crippen LogP contribution is 2.39. The van der Waals surface area contributed by atoms with E-state index in [0.717, 1.165) is 17.6 Å². The van der Waals surface area contributed by atoms with Crippen molar-refractivity contribution < 1.29 is 57.8 Å². The number of ether oxygens (including phenoxy) is 6. The monoisotopic (exact) mass is 868 g/mol. The van der Waals surface area contributed by atoms with Crippen LogP contribution in [-0.2, 0) is 38.1 Å². The van der Waals surface area contributed by atoms with Crippen LogP contribution >= 0.6 is 0 Å². The zero-order valence-corrected chi connectivity index (χ0v) is 38.5. The zero-order chi connectivity index (χ0) is 45.3. The van der Waals surface area contributed by atoms with Gasteiger partial charge in [0.15, 0.2) is 0 Å². The van der Waals surface area contributed by atoms with Crippen LogP contribution in [0.1, 0.15) is 119 Å². The second-order valence-electron chi connectivity index (χ2n) is 18.6. The van der Waals surface area contributed by atoms with E-state index < -0.39 is 72.0 Å². The molecule has 0 aromatic heterocycles. The Hall–Kier alpha value is -3.62. The normalized spacial score (nSPS) is 37.3. The van der Waals surface area contributed by atoms with Gasteiger partial charge in [-0.25, -0.2) is 4.79 Å². The largest absolute Gasteiger partial charge is 0.497 e. The lowest BCUT2D eigenvalue weighted by molar-refractivity contribution is -0.302. The van der Waals surface area contributed by atoms with Crippen LogP contribution in [0.5, 0.6) is 11.5 Å². The molecule has 13 unspecified atom stereocenters. The highest BCUT2D eigenvalue weighted by atomic mass is 16.7. The topological polar surface area (TPSA) is 167 Å². The van der Waals surface area contributed by atoms with Crippen molar-refractivity contribution in [1.82, 2.24) is 4.90 Å². The lowest BCUT2D eigenvalue weighted by atomic mass is 9.82. The van der Waals surface area contributed by atoms with Gasteiger partial charge in [-0.3, -0.25) is 14.4 Å². The number of ketones is 2. The second-order valence-corrected chi connectivity index (χ2v) is 18.6. The number of fused-ring (bicyclic) bond motifs is 3. The average molecular weight is 868 g/mol. The summed E-state index contributed by atoms with van der Waals surface area (Å²) in [4.78, 5) is 58.1. The van der Waals surface area contributed by atoms with E-state index >= 15 is 0 Å². The molecule has 346 valence electrons. The van der Waals surface area contributed by atoms with Gasteiger partial charge in [-0.15, -0.1) is 0 Å². The molecule has 2 bridgehead atoms. The number of rotatable bonds is 8. The number of methoxy groups -OCH3 is 3. The third kappa shape index (κ3) is 11.9. The smallest absolute Gasteiger partial charge is 0.329 e. The molecule has 4 aliphatic rings. The van der Waals surface area contributed by atoms with Crippen LogP contribution in [0.4, 0.5) is 0 Å². The van der Waals surface area contributed by atoms with Gasteiger partial charge in [0.25, 0.3) is 11.7 Å². The predicted molar refractivity (Wildman–Crippen MR) is 233 cm³/mol. The SMILES string of the molecule is CCC1/C=C(\C)CC(C)CC(OC)C2OC(O)(C(=O)C(=O)N3CCCCC3C(=O)OC(C(C)=CC3CCC(Oc4cccc(OC)c4)C(O)C3)C(C)CCC1=O)C(C)CC2OC. The Morgan fingerprint density at radius 1 is 0.935 bits per heavy atom. The molecule has 13 atom stereocenters. The highest BCUT2D eigenvalue weighted by Gasteiger charge is 2.56. The van der Waals surface area contributed by atoms with Crippen LogP contribution in [-0.4, -0.2) is 115 Å². The summed E-state index contributed by atoms with van der Waals surface area (Å²) in [6, 6.07) is 6.23. The van der Waals surface area contributed by atoms with Gasteiger partial charge in [-0.1, -0.05) is 51.5 Å². The van der Waals surface area contributed by atoms with Gasteiger partial charge in [0.2, 0.25) is 5.79 Å². The number of cyclic esters (lactones) is 1. The highest BCUT2D eigenvalue weighted by molar-refractivity contribution is 6.39. The third-order valence-corrected chi connectivity index (χ3v) is 13.8. The number of amides is 1. The van der Waals surface area contributed by atoms with Crippen molar-refractivity contribution in [3.63, 3.8) is 0 Å². The average Bonchev–Trinajstić information content (AvgIpc) is 3.26. The Kier molecular flexibility index (Phi) is 17.8. The summed E-state index contributed by atoms with van der Waals surface area (Å²) >= 11 is 0. The van der Waals surface area contributed by atoms with E-state index in [2.05, 4.69) is 19.1 Å². The summed E-state index contributed by atoms with van der Waals surface area (Å²) in [6.07, 6.45) is 6.32. The fraction of sp³-hybridized carbons (Fsp3) is 0.714. The molecule has 1 aromatic carbocycles. The van der Waals surface area contributed by atoms with E-state index in [0.29, 0.717) is 62.9 Å². The number of piperidine rings is 1. The van der Waals surface area contributed by atoms with Crippen molar-refractivity contribution in [2.24, 2.45) is 29.6 Å². The number of Topliss-reactive ketones (excluding diaryl/α,β-unsaturated/α-hetero) is 2. The fourth-order valence-electron chi connectivity index (χ4n) is 10.1. The van der Waals surface area contributed by atoms with E-state index in [1.807, 2.05) is 45.9 Å². The molecule has 3 fully saturated rings. The van der Waals surface area contributed by atoms with Crippen molar-refractivity contribution in [2.45, 2.75) is 167 Å². The van der Waals surface area contributed by atoms with Gasteiger partial charge in [0.1, 0.15) is 41.6 Å². The van der Waals surface area contributed by atoms with Gasteiger partial charge in [-0.2, -0.15) is 0 Å². The molecule has 1 amide bonds. The molecular formula is C49H73NO12. The lowest BCUT2D eigenvalue weighted by Gasteiger charge is -2.47. The van der Waals surface area contributed by atoms with Gasteiger partial charge in [0.05, 0.1) is 25.4 Å². The van der Waals surface area contributed by atoms with Crippen LogP contribution < -0.4 is 9.47 Å².